The number of hydrogen-bond donors (Lipinski definition) is 0. The number of carbonyl (C=O) groups excluding carboxylic acids is 1. The number of benzene rings is 1. The molecule has 0 aromatic heterocycles. The van der Waals surface area contributed by atoms with Crippen LogP contribution in [0.25, 0.3) is 16.5 Å². The van der Waals surface area contributed by atoms with E-state index in [1.165, 1.54) is 35.6 Å². The molecule has 1 fully saturated rings. The van der Waals surface area contributed by atoms with Crippen LogP contribution in [0.5, 0.6) is 0 Å². The topological polar surface area (TPSA) is 40.9 Å². The van der Waals surface area contributed by atoms with Gasteiger partial charge in [0.05, 0.1) is 5.91 Å². The SMILES string of the molecule is C[Si](C)=[Ti].Cc1cc2cc3c(cc2[cH-]1)CC(C)(C)C3.[CH3-].[CH3-].[NH-]C(=O)C1CCCCC1. The van der Waals surface area contributed by atoms with E-state index in [4.69, 9.17) is 5.73 Å². The number of rotatable bonds is 1. The third kappa shape index (κ3) is 9.16. The van der Waals surface area contributed by atoms with Crippen LogP contribution in [0.15, 0.2) is 24.3 Å². The average molecular weight is 460 g/mol. The van der Waals surface area contributed by atoms with Crippen LogP contribution in [-0.2, 0) is 36.8 Å². The molecule has 1 amide bonds. The number of hydrogen-bond acceptors (Lipinski definition) is 1. The third-order valence-corrected chi connectivity index (χ3v) is 5.49. The van der Waals surface area contributed by atoms with Crippen LogP contribution in [0, 0.1) is 33.1 Å². The van der Waals surface area contributed by atoms with E-state index in [-0.39, 0.29) is 32.9 Å². The normalized spacial score (nSPS) is 16.5. The van der Waals surface area contributed by atoms with Gasteiger partial charge in [0.2, 0.25) is 0 Å². The Morgan fingerprint density at radius 2 is 1.57 bits per heavy atom. The molecule has 2 aromatic carbocycles. The Labute approximate surface area is 198 Å². The standard InChI is InChI=1S/C15H17.C7H13NO.C2H6Si.2CH3.Ti/c1-10-4-11-6-13-8-15(2,3)9-14(13)7-12(11)5-10;8-7(9)6-4-2-1-3-5-6;1-3-2;;;/h4-7H,8-9H2,1-3H3;6H,1-5H2,(H2,8,9);1-2H3;2*1H3;/q-1;;;2*-1;/p-1. The predicted octanol–water partition coefficient (Wildman–Crippen LogP) is 7.82. The van der Waals surface area contributed by atoms with Crippen LogP contribution in [-0.4, -0.2) is 12.1 Å². The molecule has 0 unspecified atom stereocenters. The summed E-state index contributed by atoms with van der Waals surface area (Å²) in [5.74, 6) is -0.270. The molecular formula is C26H41NOSiTi-4. The molecule has 0 bridgehead atoms. The summed E-state index contributed by atoms with van der Waals surface area (Å²) in [6.07, 6.45) is 8.07. The average Bonchev–Trinajstić information content (AvgIpc) is 3.08. The van der Waals surface area contributed by atoms with Crippen molar-refractivity contribution in [3.8, 4) is 0 Å². The van der Waals surface area contributed by atoms with Gasteiger partial charge in [-0.1, -0.05) is 51.2 Å². The predicted molar refractivity (Wildman–Crippen MR) is 132 cm³/mol. The first-order valence-electron chi connectivity index (χ1n) is 10.5. The van der Waals surface area contributed by atoms with Crippen molar-refractivity contribution in [1.29, 1.82) is 0 Å². The summed E-state index contributed by atoms with van der Waals surface area (Å²) in [6, 6.07) is 9.38. The fourth-order valence-corrected chi connectivity index (χ4v) is 4.30. The first-order chi connectivity index (χ1) is 13.1. The first kappa shape index (κ1) is 29.2. The Bertz CT molecular complexity index is 782. The molecule has 30 heavy (non-hydrogen) atoms. The summed E-state index contributed by atoms with van der Waals surface area (Å²) in [6.45, 7) is 11.4. The molecule has 1 N–H and O–H groups in total. The molecule has 2 aromatic rings. The Morgan fingerprint density at radius 3 is 2.03 bits per heavy atom. The summed E-state index contributed by atoms with van der Waals surface area (Å²) in [7, 11) is 0. The van der Waals surface area contributed by atoms with Gasteiger partial charge in [-0.3, -0.25) is 0 Å². The fourth-order valence-electron chi connectivity index (χ4n) is 4.30. The smallest absolute Gasteiger partial charge is 0.0519 e. The molecule has 0 radical (unpaired) electrons. The van der Waals surface area contributed by atoms with Gasteiger partial charge in [-0.15, -0.1) is 34.5 Å². The van der Waals surface area contributed by atoms with Gasteiger partial charge in [-0.05, 0) is 31.1 Å². The van der Waals surface area contributed by atoms with Crippen molar-refractivity contribution in [2.75, 3.05) is 0 Å². The minimum Gasteiger partial charge on any atom is -0.668 e. The molecule has 2 aliphatic rings. The number of aryl methyl sites for hydroxylation is 1. The molecule has 0 saturated heterocycles. The van der Waals surface area contributed by atoms with E-state index in [0.29, 0.717) is 5.41 Å². The van der Waals surface area contributed by atoms with Crippen molar-refractivity contribution < 1.29 is 24.0 Å². The van der Waals surface area contributed by atoms with Crippen LogP contribution >= 0.6 is 0 Å². The Balaban J connectivity index is 0.000000486. The summed E-state index contributed by atoms with van der Waals surface area (Å²) in [5, 5.41) is 2.84. The number of nitrogens with one attached hydrogen (secondary N) is 1. The quantitative estimate of drug-likeness (QED) is 0.316. The van der Waals surface area contributed by atoms with Gasteiger partial charge in [-0.25, -0.2) is 0 Å². The molecule has 0 heterocycles. The van der Waals surface area contributed by atoms with Gasteiger partial charge in [-0.2, -0.15) is 6.07 Å². The van der Waals surface area contributed by atoms with Crippen molar-refractivity contribution in [1.82, 2.24) is 0 Å². The van der Waals surface area contributed by atoms with Gasteiger partial charge in [0.1, 0.15) is 0 Å². The molecule has 4 heteroatoms. The van der Waals surface area contributed by atoms with Crippen molar-refractivity contribution in [2.24, 2.45) is 11.3 Å². The van der Waals surface area contributed by atoms with Crippen molar-refractivity contribution in [3.05, 3.63) is 61.5 Å². The summed E-state index contributed by atoms with van der Waals surface area (Å²) in [5.41, 5.74) is 11.8. The molecule has 168 valence electrons. The van der Waals surface area contributed by atoms with Crippen molar-refractivity contribution in [3.63, 3.8) is 0 Å². The Hall–Kier alpha value is -0.769. The van der Waals surface area contributed by atoms with E-state index < -0.39 is 0 Å². The molecule has 2 nitrogen and oxygen atoms in total. The zero-order valence-electron chi connectivity index (χ0n) is 20.2. The fraction of sp³-hybridized carbons (Fsp3) is 0.538. The van der Waals surface area contributed by atoms with Crippen molar-refractivity contribution >= 4 is 22.9 Å². The summed E-state index contributed by atoms with van der Waals surface area (Å²) < 4.78 is 0. The minimum absolute atomic E-state index is 0. The van der Waals surface area contributed by atoms with Crippen LogP contribution < -0.4 is 0 Å². The van der Waals surface area contributed by atoms with E-state index in [2.05, 4.69) is 77.3 Å². The second-order valence-electron chi connectivity index (χ2n) is 9.50. The van der Waals surface area contributed by atoms with E-state index in [1.807, 2.05) is 0 Å². The minimum atomic E-state index is -0.352. The molecule has 0 aliphatic heterocycles. The van der Waals surface area contributed by atoms with E-state index >= 15 is 0 Å². The van der Waals surface area contributed by atoms with E-state index in [1.54, 1.807) is 11.1 Å². The molecular weight excluding hydrogens is 418 g/mol. The zero-order chi connectivity index (χ0) is 20.9. The maximum Gasteiger partial charge on any atom is 0.0519 e. The molecule has 4 rings (SSSR count). The molecule has 2 aliphatic carbocycles. The van der Waals surface area contributed by atoms with Gasteiger partial charge in [0, 0.05) is 5.92 Å². The largest absolute Gasteiger partial charge is 0.668 e. The van der Waals surface area contributed by atoms with Crippen LogP contribution in [0.3, 0.4) is 0 Å². The Kier molecular flexibility index (Phi) is 12.6. The molecule has 0 atom stereocenters. The third-order valence-electron chi connectivity index (χ3n) is 5.49. The molecule has 0 spiro atoms. The number of carbonyl (C=O) groups is 1. The second-order valence-corrected chi connectivity index (χ2v) is 16.2. The van der Waals surface area contributed by atoms with Gasteiger partial charge in [0.15, 0.2) is 0 Å². The van der Waals surface area contributed by atoms with Gasteiger partial charge in [0.25, 0.3) is 0 Å². The van der Waals surface area contributed by atoms with Crippen LogP contribution in [0.1, 0.15) is 62.6 Å². The maximum absolute atomic E-state index is 10.5. The van der Waals surface area contributed by atoms with Crippen LogP contribution in [0.2, 0.25) is 13.1 Å². The maximum atomic E-state index is 10.5. The zero-order valence-corrected chi connectivity index (χ0v) is 22.8. The van der Waals surface area contributed by atoms with Crippen LogP contribution in [0.4, 0.5) is 0 Å². The second kappa shape index (κ2) is 12.9. The Morgan fingerprint density at radius 1 is 1.07 bits per heavy atom. The monoisotopic (exact) mass is 459 g/mol. The number of amides is 1. The van der Waals surface area contributed by atoms with Crippen molar-refractivity contribution in [2.45, 2.75) is 78.8 Å². The van der Waals surface area contributed by atoms with E-state index in [0.717, 1.165) is 25.7 Å². The number of fused-ring (bicyclic) bond motifs is 2. The summed E-state index contributed by atoms with van der Waals surface area (Å²) in [4.78, 5) is 10.5. The van der Waals surface area contributed by atoms with Gasteiger partial charge >= 0.3 is 38.5 Å². The first-order valence-corrected chi connectivity index (χ1v) is 15.4. The summed E-state index contributed by atoms with van der Waals surface area (Å²) >= 11 is 2.27. The van der Waals surface area contributed by atoms with E-state index in [9.17, 15) is 4.79 Å². The van der Waals surface area contributed by atoms with Gasteiger partial charge < -0.3 is 25.4 Å². The molecule has 1 saturated carbocycles.